The lowest BCUT2D eigenvalue weighted by Crippen LogP contribution is -2.45. The van der Waals surface area contributed by atoms with Crippen molar-refractivity contribution in [2.24, 2.45) is 17.3 Å². The van der Waals surface area contributed by atoms with Gasteiger partial charge in [0, 0.05) is 12.3 Å². The Morgan fingerprint density at radius 2 is 2.11 bits per heavy atom. The van der Waals surface area contributed by atoms with Crippen molar-refractivity contribution in [1.29, 1.82) is 0 Å². The largest absolute Gasteiger partial charge is 0.372 e. The van der Waals surface area contributed by atoms with Crippen LogP contribution in [-0.4, -0.2) is 17.5 Å². The summed E-state index contributed by atoms with van der Waals surface area (Å²) in [5.74, 6) is 1.13. The number of hydrogen-bond acceptors (Lipinski definition) is 2. The molecule has 0 spiro atoms. The van der Waals surface area contributed by atoms with Crippen LogP contribution in [-0.2, 0) is 9.53 Å². The van der Waals surface area contributed by atoms with E-state index in [-0.39, 0.29) is 16.9 Å². The zero-order valence-corrected chi connectivity index (χ0v) is 12.9. The maximum absolute atomic E-state index is 12.2. The lowest BCUT2D eigenvalue weighted by atomic mass is 9.63. The molecule has 0 amide bonds. The Morgan fingerprint density at radius 1 is 1.42 bits per heavy atom. The Hall–Kier alpha value is -0.630. The quantitative estimate of drug-likeness (QED) is 0.716. The zero-order valence-electron chi connectivity index (χ0n) is 12.9. The summed E-state index contributed by atoms with van der Waals surface area (Å²) in [4.78, 5) is 12.2. The third-order valence-corrected chi connectivity index (χ3v) is 4.98. The van der Waals surface area contributed by atoms with Crippen molar-refractivity contribution in [2.75, 3.05) is 0 Å². The van der Waals surface area contributed by atoms with Crippen LogP contribution in [0.4, 0.5) is 0 Å². The van der Waals surface area contributed by atoms with Crippen molar-refractivity contribution in [3.05, 3.63) is 12.7 Å². The summed E-state index contributed by atoms with van der Waals surface area (Å²) in [6, 6.07) is 0. The van der Waals surface area contributed by atoms with E-state index in [1.54, 1.807) is 0 Å². The van der Waals surface area contributed by atoms with Gasteiger partial charge in [0.15, 0.2) is 0 Å². The van der Waals surface area contributed by atoms with Gasteiger partial charge in [0.2, 0.25) is 0 Å². The molecule has 0 aromatic rings. The Kier molecular flexibility index (Phi) is 3.92. The normalized spacial score (nSPS) is 39.2. The van der Waals surface area contributed by atoms with Gasteiger partial charge >= 0.3 is 0 Å². The molecule has 4 atom stereocenters. The number of rotatable bonds is 3. The van der Waals surface area contributed by atoms with Crippen LogP contribution in [0.25, 0.3) is 0 Å². The molecule has 2 rings (SSSR count). The first kappa shape index (κ1) is 14.8. The number of Topliss-reactive ketones (excluding diaryl/α,β-unsaturated/α-hetero) is 1. The molecular formula is C17H28O2. The number of carbonyl (C=O) groups is 1. The molecule has 2 aliphatic rings. The van der Waals surface area contributed by atoms with Crippen LogP contribution in [0.5, 0.6) is 0 Å². The number of ketones is 1. The smallest absolute Gasteiger partial charge is 0.136 e. The molecule has 2 saturated carbocycles. The van der Waals surface area contributed by atoms with Gasteiger partial charge in [-0.2, -0.15) is 0 Å². The molecule has 0 radical (unpaired) electrons. The first-order chi connectivity index (χ1) is 8.76. The summed E-state index contributed by atoms with van der Waals surface area (Å²) in [6.07, 6.45) is 6.99. The van der Waals surface area contributed by atoms with Gasteiger partial charge in [-0.25, -0.2) is 0 Å². The minimum Gasteiger partial charge on any atom is -0.372 e. The second-order valence-electron chi connectivity index (χ2n) is 7.59. The van der Waals surface area contributed by atoms with Crippen LogP contribution in [0.2, 0.25) is 0 Å². The highest BCUT2D eigenvalue weighted by atomic mass is 16.5. The molecule has 0 aliphatic heterocycles. The molecule has 108 valence electrons. The van der Waals surface area contributed by atoms with Gasteiger partial charge < -0.3 is 4.74 Å². The van der Waals surface area contributed by atoms with Crippen molar-refractivity contribution in [1.82, 2.24) is 0 Å². The summed E-state index contributed by atoms with van der Waals surface area (Å²) < 4.78 is 6.30. The highest BCUT2D eigenvalue weighted by Crippen LogP contribution is 2.55. The fraction of sp³-hybridized carbons (Fsp3) is 0.824. The predicted octanol–water partition coefficient (Wildman–Crippen LogP) is 4.14. The lowest BCUT2D eigenvalue weighted by molar-refractivity contribution is -0.142. The molecule has 0 N–H and O–H groups in total. The lowest BCUT2D eigenvalue weighted by Gasteiger charge is -2.44. The highest BCUT2D eigenvalue weighted by Gasteiger charge is 2.53. The Bertz CT molecular complexity index is 366. The van der Waals surface area contributed by atoms with E-state index in [0.717, 1.165) is 32.1 Å². The second-order valence-corrected chi connectivity index (χ2v) is 7.59. The average molecular weight is 264 g/mol. The standard InChI is InChI=1S/C17H28O2/c1-6-7-12-11-17(5)13(10-14(12)18)8-9-15(17)19-16(2,3)4/h6,12-13,15H,1,7-11H2,2-5H3/t12-,13+,15+,17+/m1/s1. The van der Waals surface area contributed by atoms with Crippen LogP contribution in [0.15, 0.2) is 12.7 Å². The van der Waals surface area contributed by atoms with E-state index in [0.29, 0.717) is 17.8 Å². The molecule has 2 nitrogen and oxygen atoms in total. The van der Waals surface area contributed by atoms with Crippen LogP contribution < -0.4 is 0 Å². The van der Waals surface area contributed by atoms with E-state index in [4.69, 9.17) is 4.74 Å². The molecule has 19 heavy (non-hydrogen) atoms. The summed E-state index contributed by atoms with van der Waals surface area (Å²) in [5, 5.41) is 0. The molecule has 0 saturated heterocycles. The second kappa shape index (κ2) is 5.05. The summed E-state index contributed by atoms with van der Waals surface area (Å²) >= 11 is 0. The van der Waals surface area contributed by atoms with Crippen LogP contribution >= 0.6 is 0 Å². The average Bonchev–Trinajstić information content (AvgIpc) is 2.56. The van der Waals surface area contributed by atoms with Gasteiger partial charge in [-0.05, 0) is 57.8 Å². The number of hydrogen-bond donors (Lipinski definition) is 0. The highest BCUT2D eigenvalue weighted by molar-refractivity contribution is 5.82. The van der Waals surface area contributed by atoms with E-state index in [2.05, 4.69) is 34.3 Å². The Labute approximate surface area is 117 Å². The molecule has 2 aliphatic carbocycles. The fourth-order valence-electron chi connectivity index (χ4n) is 4.00. The van der Waals surface area contributed by atoms with E-state index in [9.17, 15) is 4.79 Å². The van der Waals surface area contributed by atoms with E-state index < -0.39 is 0 Å². The van der Waals surface area contributed by atoms with E-state index in [1.807, 2.05) is 6.08 Å². The van der Waals surface area contributed by atoms with Gasteiger partial charge in [0.05, 0.1) is 11.7 Å². The van der Waals surface area contributed by atoms with Gasteiger partial charge in [-0.15, -0.1) is 6.58 Å². The van der Waals surface area contributed by atoms with Gasteiger partial charge in [-0.1, -0.05) is 13.0 Å². The maximum atomic E-state index is 12.2. The summed E-state index contributed by atoms with van der Waals surface area (Å²) in [5.41, 5.74) is 0.0762. The third-order valence-electron chi connectivity index (χ3n) is 4.98. The molecule has 2 fully saturated rings. The number of carbonyl (C=O) groups excluding carboxylic acids is 1. The van der Waals surface area contributed by atoms with Crippen molar-refractivity contribution in [3.8, 4) is 0 Å². The molecule has 0 bridgehead atoms. The Morgan fingerprint density at radius 3 is 2.68 bits per heavy atom. The molecule has 0 heterocycles. The third kappa shape index (κ3) is 2.94. The van der Waals surface area contributed by atoms with Crippen LogP contribution in [0.1, 0.15) is 59.8 Å². The summed E-state index contributed by atoms with van der Waals surface area (Å²) in [7, 11) is 0. The molecule has 2 heteroatoms. The Balaban J connectivity index is 2.15. The SMILES string of the molecule is C=CC[C@@H]1C[C@@]2(C)[C@@H](CC[C@@H]2OC(C)(C)C)CC1=O. The zero-order chi connectivity index (χ0) is 14.3. The molecule has 0 aromatic heterocycles. The van der Waals surface area contributed by atoms with Gasteiger partial charge in [0.25, 0.3) is 0 Å². The fourth-order valence-corrected chi connectivity index (χ4v) is 4.00. The van der Waals surface area contributed by atoms with Gasteiger partial charge in [-0.3, -0.25) is 4.79 Å². The first-order valence-corrected chi connectivity index (χ1v) is 7.57. The minimum absolute atomic E-state index is 0.0992. The van der Waals surface area contributed by atoms with Crippen molar-refractivity contribution >= 4 is 5.78 Å². The van der Waals surface area contributed by atoms with Crippen LogP contribution in [0, 0.1) is 17.3 Å². The predicted molar refractivity (Wildman–Crippen MR) is 78.0 cm³/mol. The first-order valence-electron chi connectivity index (χ1n) is 7.57. The van der Waals surface area contributed by atoms with Gasteiger partial charge in [0.1, 0.15) is 5.78 Å². The van der Waals surface area contributed by atoms with Crippen LogP contribution in [0.3, 0.4) is 0 Å². The van der Waals surface area contributed by atoms with E-state index in [1.165, 1.54) is 0 Å². The number of allylic oxidation sites excluding steroid dienone is 1. The molecular weight excluding hydrogens is 236 g/mol. The maximum Gasteiger partial charge on any atom is 0.136 e. The summed E-state index contributed by atoms with van der Waals surface area (Å²) in [6.45, 7) is 12.5. The molecule has 0 aromatic carbocycles. The van der Waals surface area contributed by atoms with Crippen molar-refractivity contribution in [2.45, 2.75) is 71.5 Å². The topological polar surface area (TPSA) is 26.3 Å². The monoisotopic (exact) mass is 264 g/mol. The number of fused-ring (bicyclic) bond motifs is 1. The van der Waals surface area contributed by atoms with Crippen molar-refractivity contribution < 1.29 is 9.53 Å². The minimum atomic E-state index is -0.0992. The van der Waals surface area contributed by atoms with E-state index >= 15 is 0 Å². The molecule has 0 unspecified atom stereocenters. The van der Waals surface area contributed by atoms with Crippen molar-refractivity contribution in [3.63, 3.8) is 0 Å². The number of ether oxygens (including phenoxy) is 1.